The predicted octanol–water partition coefficient (Wildman–Crippen LogP) is 10.8. The van der Waals surface area contributed by atoms with Crippen molar-refractivity contribution in [1.29, 1.82) is 0 Å². The van der Waals surface area contributed by atoms with Crippen LogP contribution in [-0.4, -0.2) is 9.36 Å². The van der Waals surface area contributed by atoms with E-state index in [0.717, 1.165) is 39.0 Å². The van der Waals surface area contributed by atoms with Gasteiger partial charge in [0.25, 0.3) is 0 Å². The van der Waals surface area contributed by atoms with Crippen LogP contribution in [0.3, 0.4) is 0 Å². The molecule has 43 heavy (non-hydrogen) atoms. The lowest BCUT2D eigenvalue weighted by Gasteiger charge is -2.27. The molecule has 1 aliphatic rings. The Morgan fingerprint density at radius 3 is 2.02 bits per heavy atom. The average Bonchev–Trinajstić information content (AvgIpc) is 3.64. The Morgan fingerprint density at radius 2 is 1.19 bits per heavy atom. The van der Waals surface area contributed by atoms with Crippen molar-refractivity contribution in [2.45, 2.75) is 19.3 Å². The highest BCUT2D eigenvalue weighted by atomic mass is 32.1. The minimum atomic E-state index is -0.0167. The van der Waals surface area contributed by atoms with E-state index in [0.29, 0.717) is 0 Å². The van der Waals surface area contributed by atoms with Crippen molar-refractivity contribution in [3.8, 4) is 33.1 Å². The molecule has 0 N–H and O–H groups in total. The number of benzene rings is 6. The summed E-state index contributed by atoms with van der Waals surface area (Å²) in [4.78, 5) is 7.25. The number of para-hydroxylation sites is 1. The van der Waals surface area contributed by atoms with Crippen LogP contribution in [0.2, 0.25) is 0 Å². The summed E-state index contributed by atoms with van der Waals surface area (Å²) < 4.78 is 4.71. The number of nitrogens with zero attached hydrogens (tertiary/aromatic N) is 3. The van der Waals surface area contributed by atoms with Crippen LogP contribution in [0.4, 0.5) is 17.1 Å². The van der Waals surface area contributed by atoms with Crippen LogP contribution in [0.15, 0.2) is 140 Å². The van der Waals surface area contributed by atoms with Gasteiger partial charge >= 0.3 is 0 Å². The Morgan fingerprint density at radius 1 is 0.535 bits per heavy atom. The fourth-order valence-corrected chi connectivity index (χ4v) is 7.10. The zero-order valence-corrected chi connectivity index (χ0v) is 24.8. The molecular weight excluding hydrogens is 543 g/mol. The molecule has 4 heteroatoms. The molecule has 6 aromatic carbocycles. The molecule has 0 spiro atoms. The van der Waals surface area contributed by atoms with E-state index in [1.807, 2.05) is 0 Å². The third-order valence-electron chi connectivity index (χ3n) is 8.65. The fourth-order valence-electron chi connectivity index (χ4n) is 6.41. The van der Waals surface area contributed by atoms with E-state index in [9.17, 15) is 0 Å². The molecule has 206 valence electrons. The van der Waals surface area contributed by atoms with Crippen molar-refractivity contribution in [2.24, 2.45) is 0 Å². The number of aromatic nitrogens is 2. The van der Waals surface area contributed by atoms with Crippen LogP contribution in [0.5, 0.6) is 0 Å². The van der Waals surface area contributed by atoms with Crippen LogP contribution in [-0.2, 0) is 5.41 Å². The lowest BCUT2D eigenvalue weighted by Crippen LogP contribution is -2.15. The van der Waals surface area contributed by atoms with Crippen LogP contribution >= 0.6 is 11.5 Å². The van der Waals surface area contributed by atoms with Gasteiger partial charge in [0.2, 0.25) is 0 Å². The maximum atomic E-state index is 4.92. The lowest BCUT2D eigenvalue weighted by atomic mass is 9.82. The first-order chi connectivity index (χ1) is 21.1. The lowest BCUT2D eigenvalue weighted by molar-refractivity contribution is 0.660. The number of hydrogen-bond donors (Lipinski definition) is 0. The molecule has 0 atom stereocenters. The zero-order chi connectivity index (χ0) is 29.0. The van der Waals surface area contributed by atoms with Crippen molar-refractivity contribution in [1.82, 2.24) is 9.36 Å². The largest absolute Gasteiger partial charge is 0.310 e. The highest BCUT2D eigenvalue weighted by molar-refractivity contribution is 7.09. The Labute approximate surface area is 255 Å². The molecule has 1 heterocycles. The summed E-state index contributed by atoms with van der Waals surface area (Å²) >= 11 is 1.44. The van der Waals surface area contributed by atoms with Gasteiger partial charge in [0.05, 0.1) is 0 Å². The number of fused-ring (bicyclic) bond motifs is 4. The number of anilines is 3. The van der Waals surface area contributed by atoms with Gasteiger partial charge in [-0.3, -0.25) is 0 Å². The van der Waals surface area contributed by atoms with Crippen LogP contribution < -0.4 is 4.90 Å². The smallest absolute Gasteiger partial charge is 0.173 e. The topological polar surface area (TPSA) is 29.0 Å². The highest BCUT2D eigenvalue weighted by Gasteiger charge is 2.35. The van der Waals surface area contributed by atoms with Gasteiger partial charge in [0.1, 0.15) is 5.01 Å². The highest BCUT2D eigenvalue weighted by Crippen LogP contribution is 2.50. The SMILES string of the molecule is CC1(C)c2ccccc2-c2cc(N(c3ccccc3)c3ccc(-c4nc(-c5ccc6ccccc6c5)ns4)cc3)ccc21. The summed E-state index contributed by atoms with van der Waals surface area (Å²) in [5.74, 6) is 0.766. The first kappa shape index (κ1) is 25.6. The predicted molar refractivity (Wildman–Crippen MR) is 181 cm³/mol. The number of hydrogen-bond acceptors (Lipinski definition) is 4. The molecule has 0 unspecified atom stereocenters. The van der Waals surface area contributed by atoms with Gasteiger partial charge in [-0.2, -0.15) is 4.37 Å². The minimum absolute atomic E-state index is 0.0167. The van der Waals surface area contributed by atoms with E-state index in [1.165, 1.54) is 44.6 Å². The maximum Gasteiger partial charge on any atom is 0.173 e. The molecule has 8 rings (SSSR count). The summed E-state index contributed by atoms with van der Waals surface area (Å²) in [5, 5.41) is 3.33. The standard InChI is InChI=1S/C39H29N3S/c1-39(2)35-15-9-8-14-33(35)34-25-32(22-23-36(34)39)42(30-12-4-3-5-13-30)31-20-18-27(19-21-31)38-40-37(41-43-38)29-17-16-26-10-6-7-11-28(26)24-29/h3-25H,1-2H3. The summed E-state index contributed by atoms with van der Waals surface area (Å²) in [6, 6.07) is 49.8. The van der Waals surface area contributed by atoms with E-state index in [4.69, 9.17) is 9.36 Å². The Hall–Kier alpha value is -5.06. The van der Waals surface area contributed by atoms with E-state index >= 15 is 0 Å². The summed E-state index contributed by atoms with van der Waals surface area (Å²) in [5.41, 5.74) is 10.8. The molecule has 0 saturated heterocycles. The van der Waals surface area contributed by atoms with Crippen molar-refractivity contribution < 1.29 is 0 Å². The molecule has 0 aliphatic heterocycles. The minimum Gasteiger partial charge on any atom is -0.310 e. The van der Waals surface area contributed by atoms with Crippen LogP contribution in [0.25, 0.3) is 43.9 Å². The van der Waals surface area contributed by atoms with Gasteiger partial charge < -0.3 is 4.90 Å². The van der Waals surface area contributed by atoms with Gasteiger partial charge in [-0.25, -0.2) is 4.98 Å². The second-order valence-electron chi connectivity index (χ2n) is 11.6. The van der Waals surface area contributed by atoms with Gasteiger partial charge in [0.15, 0.2) is 5.82 Å². The second kappa shape index (κ2) is 10.0. The molecule has 0 amide bonds. The second-order valence-corrected chi connectivity index (χ2v) is 12.4. The summed E-state index contributed by atoms with van der Waals surface area (Å²) in [6.45, 7) is 4.65. The molecule has 0 radical (unpaired) electrons. The van der Waals surface area contributed by atoms with Crippen LogP contribution in [0.1, 0.15) is 25.0 Å². The molecule has 0 fully saturated rings. The monoisotopic (exact) mass is 571 g/mol. The molecule has 7 aromatic rings. The van der Waals surface area contributed by atoms with Gasteiger partial charge in [-0.1, -0.05) is 98.8 Å². The molecule has 1 aromatic heterocycles. The Kier molecular flexibility index (Phi) is 5.99. The third kappa shape index (κ3) is 4.34. The van der Waals surface area contributed by atoms with Gasteiger partial charge in [0, 0.05) is 33.6 Å². The fraction of sp³-hybridized carbons (Fsp3) is 0.0769. The van der Waals surface area contributed by atoms with Crippen molar-refractivity contribution >= 4 is 39.4 Å². The zero-order valence-electron chi connectivity index (χ0n) is 24.0. The normalized spacial score (nSPS) is 13.1. The first-order valence-electron chi connectivity index (χ1n) is 14.6. The molecular formula is C39H29N3S. The molecule has 0 bridgehead atoms. The average molecular weight is 572 g/mol. The Balaban J connectivity index is 1.16. The van der Waals surface area contributed by atoms with Crippen molar-refractivity contribution in [2.75, 3.05) is 4.90 Å². The van der Waals surface area contributed by atoms with E-state index in [2.05, 4.69) is 158 Å². The summed E-state index contributed by atoms with van der Waals surface area (Å²) in [6.07, 6.45) is 0. The molecule has 0 saturated carbocycles. The molecule has 1 aliphatic carbocycles. The third-order valence-corrected chi connectivity index (χ3v) is 9.41. The first-order valence-corrected chi connectivity index (χ1v) is 15.4. The van der Waals surface area contributed by atoms with Crippen LogP contribution in [0, 0.1) is 0 Å². The molecule has 3 nitrogen and oxygen atoms in total. The quantitative estimate of drug-likeness (QED) is 0.206. The van der Waals surface area contributed by atoms with Gasteiger partial charge in [-0.15, -0.1) is 0 Å². The van der Waals surface area contributed by atoms with Gasteiger partial charge in [-0.05, 0) is 99.2 Å². The number of rotatable bonds is 5. The summed E-state index contributed by atoms with van der Waals surface area (Å²) in [7, 11) is 0. The van der Waals surface area contributed by atoms with Crippen molar-refractivity contribution in [3.05, 3.63) is 151 Å². The maximum absolute atomic E-state index is 4.92. The van der Waals surface area contributed by atoms with E-state index < -0.39 is 0 Å². The van der Waals surface area contributed by atoms with Crippen molar-refractivity contribution in [3.63, 3.8) is 0 Å². The van der Waals surface area contributed by atoms with E-state index in [-0.39, 0.29) is 5.41 Å². The Bertz CT molecular complexity index is 2110. The van der Waals surface area contributed by atoms with E-state index in [1.54, 1.807) is 0 Å².